The largest absolute Gasteiger partial charge is 0.370 e. The molecule has 1 aliphatic heterocycles. The minimum absolute atomic E-state index is 0.248. The quantitative estimate of drug-likeness (QED) is 0.667. The number of carbonyl (C=O) groups excluding carboxylic acids is 2. The van der Waals surface area contributed by atoms with Crippen LogP contribution in [0, 0.1) is 0 Å². The summed E-state index contributed by atoms with van der Waals surface area (Å²) in [5.41, 5.74) is 5.12. The lowest BCUT2D eigenvalue weighted by Crippen LogP contribution is -2.50. The fraction of sp³-hybridized carbons (Fsp3) is 0.846. The number of rotatable bonds is 7. The third-order valence-electron chi connectivity index (χ3n) is 3.57. The number of likely N-dealkylation sites (N-methyl/N-ethyl adjacent to an activating group) is 1. The van der Waals surface area contributed by atoms with E-state index in [9.17, 15) is 9.59 Å². The van der Waals surface area contributed by atoms with Gasteiger partial charge in [-0.25, -0.2) is 0 Å². The molecule has 0 aliphatic carbocycles. The number of carbonyl (C=O) groups is 2. The van der Waals surface area contributed by atoms with Gasteiger partial charge in [0, 0.05) is 58.7 Å². The third-order valence-corrected chi connectivity index (χ3v) is 3.57. The molecule has 6 heteroatoms. The van der Waals surface area contributed by atoms with Crippen LogP contribution < -0.4 is 5.73 Å². The smallest absolute Gasteiger partial charge is 0.222 e. The number of hydrogen-bond acceptors (Lipinski definition) is 4. The molecule has 0 aromatic carbocycles. The molecule has 19 heavy (non-hydrogen) atoms. The van der Waals surface area contributed by atoms with Gasteiger partial charge in [-0.15, -0.1) is 0 Å². The molecule has 1 fully saturated rings. The van der Waals surface area contributed by atoms with Crippen LogP contribution in [-0.4, -0.2) is 79.4 Å². The number of nitrogens with zero attached hydrogens (tertiary/aromatic N) is 3. The highest BCUT2D eigenvalue weighted by Gasteiger charge is 2.19. The second-order valence-electron chi connectivity index (χ2n) is 5.10. The highest BCUT2D eigenvalue weighted by molar-refractivity contribution is 5.75. The molecule has 0 aromatic heterocycles. The predicted molar refractivity (Wildman–Crippen MR) is 74.6 cm³/mol. The van der Waals surface area contributed by atoms with Crippen molar-refractivity contribution in [2.24, 2.45) is 5.73 Å². The molecule has 1 heterocycles. The Kier molecular flexibility index (Phi) is 6.80. The van der Waals surface area contributed by atoms with Crippen LogP contribution in [0.4, 0.5) is 0 Å². The molecule has 2 amide bonds. The van der Waals surface area contributed by atoms with E-state index in [4.69, 9.17) is 5.73 Å². The van der Waals surface area contributed by atoms with E-state index in [0.29, 0.717) is 19.4 Å². The second kappa shape index (κ2) is 8.12. The fourth-order valence-electron chi connectivity index (χ4n) is 2.17. The minimum atomic E-state index is -0.251. The molecule has 110 valence electrons. The van der Waals surface area contributed by atoms with Crippen LogP contribution in [-0.2, 0) is 9.59 Å². The van der Waals surface area contributed by atoms with Crippen molar-refractivity contribution in [1.82, 2.24) is 14.7 Å². The van der Waals surface area contributed by atoms with Crippen molar-refractivity contribution in [2.45, 2.75) is 19.8 Å². The molecular formula is C13H26N4O2. The van der Waals surface area contributed by atoms with Crippen LogP contribution in [0.5, 0.6) is 0 Å². The summed E-state index contributed by atoms with van der Waals surface area (Å²) in [6.45, 7) is 8.06. The van der Waals surface area contributed by atoms with Crippen LogP contribution in [0.3, 0.4) is 0 Å². The fourth-order valence-corrected chi connectivity index (χ4v) is 2.17. The monoisotopic (exact) mass is 270 g/mol. The molecule has 6 nitrogen and oxygen atoms in total. The molecule has 1 aliphatic rings. The zero-order chi connectivity index (χ0) is 14.3. The molecule has 2 N–H and O–H groups in total. The van der Waals surface area contributed by atoms with E-state index in [0.717, 1.165) is 39.3 Å². The average Bonchev–Trinajstić information content (AvgIpc) is 2.42. The van der Waals surface area contributed by atoms with Crippen LogP contribution in [0.25, 0.3) is 0 Å². The zero-order valence-corrected chi connectivity index (χ0v) is 12.1. The normalized spacial score (nSPS) is 16.9. The van der Waals surface area contributed by atoms with Gasteiger partial charge in [0.15, 0.2) is 0 Å². The van der Waals surface area contributed by atoms with E-state index < -0.39 is 0 Å². The molecule has 0 radical (unpaired) electrons. The summed E-state index contributed by atoms with van der Waals surface area (Å²) in [5, 5.41) is 0. The second-order valence-corrected chi connectivity index (χ2v) is 5.10. The van der Waals surface area contributed by atoms with Crippen LogP contribution in [0.1, 0.15) is 19.8 Å². The Morgan fingerprint density at radius 1 is 1.16 bits per heavy atom. The molecule has 0 unspecified atom stereocenters. The third kappa shape index (κ3) is 6.02. The summed E-state index contributed by atoms with van der Waals surface area (Å²) < 4.78 is 0. The van der Waals surface area contributed by atoms with Crippen molar-refractivity contribution < 1.29 is 9.59 Å². The first-order valence-corrected chi connectivity index (χ1v) is 7.00. The van der Waals surface area contributed by atoms with Crippen molar-refractivity contribution in [3.05, 3.63) is 0 Å². The molecule has 1 saturated heterocycles. The van der Waals surface area contributed by atoms with E-state index >= 15 is 0 Å². The summed E-state index contributed by atoms with van der Waals surface area (Å²) in [6.07, 6.45) is 1.01. The first-order chi connectivity index (χ1) is 9.02. The zero-order valence-electron chi connectivity index (χ0n) is 12.1. The first kappa shape index (κ1) is 15.9. The van der Waals surface area contributed by atoms with Gasteiger partial charge in [-0.05, 0) is 7.05 Å². The van der Waals surface area contributed by atoms with Gasteiger partial charge in [-0.2, -0.15) is 0 Å². The SMILES string of the molecule is CCC(=O)N1CCN(CCN(C)CCC(N)=O)CC1. The topological polar surface area (TPSA) is 69.9 Å². The van der Waals surface area contributed by atoms with Crippen LogP contribution in [0.15, 0.2) is 0 Å². The Morgan fingerprint density at radius 2 is 1.79 bits per heavy atom. The van der Waals surface area contributed by atoms with Crippen molar-refractivity contribution in [3.8, 4) is 0 Å². The summed E-state index contributed by atoms with van der Waals surface area (Å²) in [4.78, 5) is 28.6. The Labute approximate surface area is 115 Å². The average molecular weight is 270 g/mol. The molecule has 0 atom stereocenters. The maximum absolute atomic E-state index is 11.5. The lowest BCUT2D eigenvalue weighted by molar-refractivity contribution is -0.132. The molecular weight excluding hydrogens is 244 g/mol. The summed E-state index contributed by atoms with van der Waals surface area (Å²) in [6, 6.07) is 0. The van der Waals surface area contributed by atoms with Gasteiger partial charge in [-0.3, -0.25) is 14.5 Å². The van der Waals surface area contributed by atoms with Crippen LogP contribution in [0.2, 0.25) is 0 Å². The van der Waals surface area contributed by atoms with Gasteiger partial charge < -0.3 is 15.5 Å². The van der Waals surface area contributed by atoms with Crippen molar-refractivity contribution >= 4 is 11.8 Å². The van der Waals surface area contributed by atoms with Gasteiger partial charge in [0.25, 0.3) is 0 Å². The number of piperazine rings is 1. The van der Waals surface area contributed by atoms with Gasteiger partial charge >= 0.3 is 0 Å². The maximum Gasteiger partial charge on any atom is 0.222 e. The highest BCUT2D eigenvalue weighted by Crippen LogP contribution is 2.03. The van der Waals surface area contributed by atoms with Gasteiger partial charge in [0.1, 0.15) is 0 Å². The van der Waals surface area contributed by atoms with E-state index in [1.54, 1.807) is 0 Å². The number of nitrogens with two attached hydrogens (primary N) is 1. The first-order valence-electron chi connectivity index (χ1n) is 7.00. The van der Waals surface area contributed by atoms with Gasteiger partial charge in [-0.1, -0.05) is 6.92 Å². The summed E-state index contributed by atoms with van der Waals surface area (Å²) in [5.74, 6) is -0.00299. The Morgan fingerprint density at radius 3 is 2.32 bits per heavy atom. The Hall–Kier alpha value is -1.14. The van der Waals surface area contributed by atoms with Gasteiger partial charge in [0.2, 0.25) is 11.8 Å². The predicted octanol–water partition coefficient (Wildman–Crippen LogP) is -0.652. The van der Waals surface area contributed by atoms with Crippen molar-refractivity contribution in [1.29, 1.82) is 0 Å². The lowest BCUT2D eigenvalue weighted by Gasteiger charge is -2.35. The summed E-state index contributed by atoms with van der Waals surface area (Å²) in [7, 11) is 2.00. The number of hydrogen-bond donors (Lipinski definition) is 1. The van der Waals surface area contributed by atoms with E-state index in [1.807, 2.05) is 18.9 Å². The molecule has 0 bridgehead atoms. The van der Waals surface area contributed by atoms with Crippen molar-refractivity contribution in [3.63, 3.8) is 0 Å². The maximum atomic E-state index is 11.5. The van der Waals surface area contributed by atoms with Gasteiger partial charge in [0.05, 0.1) is 0 Å². The van der Waals surface area contributed by atoms with Crippen molar-refractivity contribution in [2.75, 3.05) is 52.9 Å². The molecule has 0 aromatic rings. The Balaban J connectivity index is 2.15. The van der Waals surface area contributed by atoms with E-state index in [1.165, 1.54) is 0 Å². The van der Waals surface area contributed by atoms with E-state index in [-0.39, 0.29) is 11.8 Å². The number of primary amides is 1. The Bertz CT molecular complexity index is 301. The summed E-state index contributed by atoms with van der Waals surface area (Å²) >= 11 is 0. The highest BCUT2D eigenvalue weighted by atomic mass is 16.2. The van der Waals surface area contributed by atoms with Crippen LogP contribution >= 0.6 is 0 Å². The standard InChI is InChI=1S/C13H26N4O2/c1-3-13(19)17-10-8-16(9-11-17)7-6-15(2)5-4-12(14)18/h3-11H2,1-2H3,(H2,14,18). The lowest BCUT2D eigenvalue weighted by atomic mass is 10.3. The van der Waals surface area contributed by atoms with E-state index in [2.05, 4.69) is 9.80 Å². The molecule has 0 spiro atoms. The molecule has 0 saturated carbocycles. The number of amides is 2. The molecule has 1 rings (SSSR count). The minimum Gasteiger partial charge on any atom is -0.370 e.